The molecule has 0 heterocycles. The zero-order valence-corrected chi connectivity index (χ0v) is 17.6. The maximum absolute atomic E-state index is 11.6. The van der Waals surface area contributed by atoms with Crippen LogP contribution in [0.1, 0.15) is 29.5 Å². The molecule has 4 aromatic carbocycles. The van der Waals surface area contributed by atoms with Crippen LogP contribution in [-0.2, 0) is 0 Å². The van der Waals surface area contributed by atoms with Gasteiger partial charge in [0.15, 0.2) is 0 Å². The minimum atomic E-state index is -1.32. The molecule has 0 saturated heterocycles. The highest BCUT2D eigenvalue weighted by molar-refractivity contribution is 5.85. The fraction of sp³-hybridized carbons (Fsp3) is 0.107. The van der Waals surface area contributed by atoms with Crippen molar-refractivity contribution in [2.24, 2.45) is 0 Å². The van der Waals surface area contributed by atoms with Gasteiger partial charge in [0.2, 0.25) is 0 Å². The van der Waals surface area contributed by atoms with Crippen molar-refractivity contribution in [1.29, 1.82) is 0 Å². The molecular weight excluding hydrogens is 384 g/mol. The molecule has 0 spiro atoms. The quantitative estimate of drug-likeness (QED) is 0.274. The Morgan fingerprint density at radius 1 is 0.806 bits per heavy atom. The van der Waals surface area contributed by atoms with Gasteiger partial charge < -0.3 is 9.84 Å². The SMILES string of the molecule is Cc1c(-c2ccccc2)cc(OC(=O)O)c(C(C)c2ccccc2)c1-c1ccccc1. The summed E-state index contributed by atoms with van der Waals surface area (Å²) in [7, 11) is 0. The van der Waals surface area contributed by atoms with Gasteiger partial charge in [-0.3, -0.25) is 0 Å². The van der Waals surface area contributed by atoms with Crippen LogP contribution in [0.4, 0.5) is 4.79 Å². The summed E-state index contributed by atoms with van der Waals surface area (Å²) in [5, 5.41) is 9.51. The number of carboxylic acid groups (broad SMARTS) is 1. The highest BCUT2D eigenvalue weighted by Crippen LogP contribution is 2.45. The van der Waals surface area contributed by atoms with Crippen molar-refractivity contribution in [3.8, 4) is 28.0 Å². The summed E-state index contributed by atoms with van der Waals surface area (Å²) in [5.41, 5.74) is 7.08. The Hall–Kier alpha value is -3.85. The van der Waals surface area contributed by atoms with Gasteiger partial charge in [0.05, 0.1) is 0 Å². The summed E-state index contributed by atoms with van der Waals surface area (Å²) in [4.78, 5) is 11.6. The molecule has 0 aliphatic carbocycles. The van der Waals surface area contributed by atoms with Gasteiger partial charge in [-0.25, -0.2) is 4.79 Å². The van der Waals surface area contributed by atoms with Crippen molar-refractivity contribution in [3.05, 3.63) is 114 Å². The molecule has 0 fully saturated rings. The van der Waals surface area contributed by atoms with E-state index in [9.17, 15) is 9.90 Å². The lowest BCUT2D eigenvalue weighted by Crippen LogP contribution is -2.10. The van der Waals surface area contributed by atoms with Gasteiger partial charge in [0, 0.05) is 11.5 Å². The Kier molecular flexibility index (Phi) is 5.85. The zero-order chi connectivity index (χ0) is 21.8. The first-order chi connectivity index (χ1) is 15.1. The summed E-state index contributed by atoms with van der Waals surface area (Å²) in [6.07, 6.45) is -1.32. The van der Waals surface area contributed by atoms with E-state index in [0.717, 1.165) is 38.9 Å². The summed E-state index contributed by atoms with van der Waals surface area (Å²) >= 11 is 0. The van der Waals surface area contributed by atoms with E-state index in [1.54, 1.807) is 0 Å². The molecule has 4 aromatic rings. The van der Waals surface area contributed by atoms with E-state index < -0.39 is 6.16 Å². The average molecular weight is 408 g/mol. The highest BCUT2D eigenvalue weighted by Gasteiger charge is 2.25. The van der Waals surface area contributed by atoms with Gasteiger partial charge in [-0.15, -0.1) is 0 Å². The van der Waals surface area contributed by atoms with Crippen LogP contribution in [0, 0.1) is 6.92 Å². The van der Waals surface area contributed by atoms with Crippen LogP contribution >= 0.6 is 0 Å². The van der Waals surface area contributed by atoms with Gasteiger partial charge in [-0.1, -0.05) is 97.9 Å². The number of hydrogen-bond acceptors (Lipinski definition) is 2. The molecule has 1 unspecified atom stereocenters. The molecule has 1 atom stereocenters. The molecule has 3 heteroatoms. The lowest BCUT2D eigenvalue weighted by molar-refractivity contribution is 0.144. The van der Waals surface area contributed by atoms with Crippen molar-refractivity contribution in [2.45, 2.75) is 19.8 Å². The molecule has 1 N–H and O–H groups in total. The number of ether oxygens (including phenoxy) is 1. The van der Waals surface area contributed by atoms with E-state index in [0.29, 0.717) is 5.75 Å². The maximum Gasteiger partial charge on any atom is 0.511 e. The van der Waals surface area contributed by atoms with Gasteiger partial charge >= 0.3 is 6.16 Å². The minimum absolute atomic E-state index is 0.0609. The van der Waals surface area contributed by atoms with Gasteiger partial charge in [-0.05, 0) is 46.4 Å². The van der Waals surface area contributed by atoms with Gasteiger partial charge in [-0.2, -0.15) is 0 Å². The Morgan fingerprint density at radius 2 is 1.32 bits per heavy atom. The molecule has 0 aliphatic rings. The molecule has 0 saturated carbocycles. The van der Waals surface area contributed by atoms with Crippen molar-refractivity contribution in [3.63, 3.8) is 0 Å². The Labute approximate surface area is 182 Å². The summed E-state index contributed by atoms with van der Waals surface area (Å²) < 4.78 is 5.38. The number of carbonyl (C=O) groups is 1. The molecule has 0 aliphatic heterocycles. The predicted molar refractivity (Wildman–Crippen MR) is 125 cm³/mol. The first-order valence-electron chi connectivity index (χ1n) is 10.3. The molecule has 0 bridgehead atoms. The minimum Gasteiger partial charge on any atom is -0.449 e. The molecule has 31 heavy (non-hydrogen) atoms. The third kappa shape index (κ3) is 4.22. The van der Waals surface area contributed by atoms with Gasteiger partial charge in [0.1, 0.15) is 5.75 Å². The Bertz CT molecular complexity index is 1180. The van der Waals surface area contributed by atoms with Crippen LogP contribution < -0.4 is 4.74 Å². The first-order valence-corrected chi connectivity index (χ1v) is 10.3. The van der Waals surface area contributed by atoms with Crippen LogP contribution in [0.15, 0.2) is 97.1 Å². The lowest BCUT2D eigenvalue weighted by Gasteiger charge is -2.24. The monoisotopic (exact) mass is 408 g/mol. The molecular formula is C28H24O3. The van der Waals surface area contributed by atoms with Crippen molar-refractivity contribution in [2.75, 3.05) is 0 Å². The standard InChI is InChI=1S/C28H24O3/c1-19(21-12-6-3-7-13-21)27-25(31-28(29)30)18-24(22-14-8-4-9-15-22)20(2)26(27)23-16-10-5-11-17-23/h3-19H,1-2H3,(H,29,30). The highest BCUT2D eigenvalue weighted by atomic mass is 16.7. The van der Waals surface area contributed by atoms with Crippen molar-refractivity contribution < 1.29 is 14.6 Å². The van der Waals surface area contributed by atoms with Gasteiger partial charge in [0.25, 0.3) is 0 Å². The second kappa shape index (κ2) is 8.88. The van der Waals surface area contributed by atoms with Crippen molar-refractivity contribution in [1.82, 2.24) is 0 Å². The normalized spacial score (nSPS) is 11.7. The van der Waals surface area contributed by atoms with Crippen LogP contribution in [-0.4, -0.2) is 11.3 Å². The third-order valence-electron chi connectivity index (χ3n) is 5.67. The van der Waals surface area contributed by atoms with Crippen LogP contribution in [0.25, 0.3) is 22.3 Å². The second-order valence-electron chi connectivity index (χ2n) is 7.57. The molecule has 0 amide bonds. The topological polar surface area (TPSA) is 46.5 Å². The summed E-state index contributed by atoms with van der Waals surface area (Å²) in [6, 6.07) is 32.0. The predicted octanol–water partition coefficient (Wildman–Crippen LogP) is 7.54. The van der Waals surface area contributed by atoms with E-state index in [4.69, 9.17) is 4.74 Å². The number of benzene rings is 4. The van der Waals surface area contributed by atoms with Crippen LogP contribution in [0.3, 0.4) is 0 Å². The summed E-state index contributed by atoms with van der Waals surface area (Å²) in [6.45, 7) is 4.18. The fourth-order valence-electron chi connectivity index (χ4n) is 4.19. The van der Waals surface area contributed by atoms with E-state index in [-0.39, 0.29) is 5.92 Å². The van der Waals surface area contributed by atoms with Crippen LogP contribution in [0.2, 0.25) is 0 Å². The fourth-order valence-corrected chi connectivity index (χ4v) is 4.19. The lowest BCUT2D eigenvalue weighted by atomic mass is 9.81. The first kappa shape index (κ1) is 20.4. The third-order valence-corrected chi connectivity index (χ3v) is 5.67. The second-order valence-corrected chi connectivity index (χ2v) is 7.57. The van der Waals surface area contributed by atoms with E-state index in [1.807, 2.05) is 72.8 Å². The molecule has 4 rings (SSSR count). The smallest absolute Gasteiger partial charge is 0.449 e. The molecule has 0 aromatic heterocycles. The zero-order valence-electron chi connectivity index (χ0n) is 17.6. The van der Waals surface area contributed by atoms with E-state index in [2.05, 4.69) is 38.1 Å². The maximum atomic E-state index is 11.6. The number of rotatable bonds is 5. The Morgan fingerprint density at radius 3 is 1.87 bits per heavy atom. The molecule has 154 valence electrons. The van der Waals surface area contributed by atoms with Crippen molar-refractivity contribution >= 4 is 6.16 Å². The average Bonchev–Trinajstić information content (AvgIpc) is 2.80. The summed E-state index contributed by atoms with van der Waals surface area (Å²) in [5.74, 6) is 0.307. The molecule has 3 nitrogen and oxygen atoms in total. The Balaban J connectivity index is 2.06. The van der Waals surface area contributed by atoms with Crippen LogP contribution in [0.5, 0.6) is 5.75 Å². The largest absolute Gasteiger partial charge is 0.511 e. The van der Waals surface area contributed by atoms with E-state index >= 15 is 0 Å². The molecule has 0 radical (unpaired) electrons. The van der Waals surface area contributed by atoms with E-state index in [1.165, 1.54) is 0 Å². The number of hydrogen-bond donors (Lipinski definition) is 1.